The first-order valence-electron chi connectivity index (χ1n) is 6.55. The molecule has 0 aliphatic heterocycles. The lowest BCUT2D eigenvalue weighted by molar-refractivity contribution is 0.562. The molecule has 1 aromatic heterocycles. The van der Waals surface area contributed by atoms with Gasteiger partial charge in [-0.15, -0.1) is 0 Å². The van der Waals surface area contributed by atoms with E-state index in [1.54, 1.807) is 0 Å². The van der Waals surface area contributed by atoms with Crippen molar-refractivity contribution in [2.24, 2.45) is 0 Å². The van der Waals surface area contributed by atoms with Gasteiger partial charge in [0.25, 0.3) is 0 Å². The highest BCUT2D eigenvalue weighted by atomic mass is 35.5. The second-order valence-corrected chi connectivity index (χ2v) is 5.42. The Kier molecular flexibility index (Phi) is 4.61. The van der Waals surface area contributed by atoms with E-state index in [9.17, 15) is 0 Å². The van der Waals surface area contributed by atoms with Crippen LogP contribution in [0.3, 0.4) is 0 Å². The monoisotopic (exact) mass is 277 g/mol. The molecule has 0 atom stereocenters. The van der Waals surface area contributed by atoms with Crippen molar-refractivity contribution in [2.75, 3.05) is 0 Å². The molecule has 0 fully saturated rings. The lowest BCUT2D eigenvalue weighted by Crippen LogP contribution is -2.23. The molecule has 1 N–H and O–H groups in total. The fourth-order valence-corrected chi connectivity index (χ4v) is 2.17. The Morgan fingerprint density at radius 2 is 2.05 bits per heavy atom. The fourth-order valence-electron chi connectivity index (χ4n) is 1.98. The molecule has 1 heterocycles. The van der Waals surface area contributed by atoms with E-state index in [1.807, 2.05) is 31.3 Å². The average Bonchev–Trinajstić information content (AvgIpc) is 2.71. The SMILES string of the molecule is Cc1ncc(CNC(C)C)n1Cc1ccccc1Cl. The summed E-state index contributed by atoms with van der Waals surface area (Å²) >= 11 is 6.22. The van der Waals surface area contributed by atoms with E-state index in [2.05, 4.69) is 34.8 Å². The summed E-state index contributed by atoms with van der Waals surface area (Å²) in [5, 5.41) is 4.23. The maximum Gasteiger partial charge on any atom is 0.106 e. The van der Waals surface area contributed by atoms with Gasteiger partial charge in [0.05, 0.1) is 12.2 Å². The molecule has 0 saturated heterocycles. The number of hydrogen-bond acceptors (Lipinski definition) is 2. The number of imidazole rings is 1. The van der Waals surface area contributed by atoms with E-state index in [-0.39, 0.29) is 0 Å². The van der Waals surface area contributed by atoms with Crippen LogP contribution >= 0.6 is 11.6 Å². The molecule has 4 heteroatoms. The molecular weight excluding hydrogens is 258 g/mol. The summed E-state index contributed by atoms with van der Waals surface area (Å²) in [6.07, 6.45) is 1.93. The molecule has 0 bridgehead atoms. The van der Waals surface area contributed by atoms with E-state index >= 15 is 0 Å². The van der Waals surface area contributed by atoms with Crippen molar-refractivity contribution >= 4 is 11.6 Å². The highest BCUT2D eigenvalue weighted by molar-refractivity contribution is 6.31. The molecular formula is C15H20ClN3. The second-order valence-electron chi connectivity index (χ2n) is 5.01. The average molecular weight is 278 g/mol. The van der Waals surface area contributed by atoms with E-state index in [1.165, 1.54) is 5.69 Å². The maximum absolute atomic E-state index is 6.22. The van der Waals surface area contributed by atoms with Crippen LogP contribution in [0.5, 0.6) is 0 Å². The number of nitrogens with one attached hydrogen (secondary N) is 1. The van der Waals surface area contributed by atoms with Gasteiger partial charge in [0, 0.05) is 23.8 Å². The number of rotatable bonds is 5. The molecule has 0 saturated carbocycles. The van der Waals surface area contributed by atoms with Gasteiger partial charge >= 0.3 is 0 Å². The van der Waals surface area contributed by atoms with Crippen LogP contribution in [0.15, 0.2) is 30.5 Å². The van der Waals surface area contributed by atoms with Gasteiger partial charge in [-0.25, -0.2) is 4.98 Å². The zero-order chi connectivity index (χ0) is 13.8. The molecule has 2 rings (SSSR count). The highest BCUT2D eigenvalue weighted by Gasteiger charge is 2.09. The molecule has 0 unspecified atom stereocenters. The summed E-state index contributed by atoms with van der Waals surface area (Å²) in [6.45, 7) is 7.89. The fraction of sp³-hybridized carbons (Fsp3) is 0.400. The first kappa shape index (κ1) is 14.1. The lowest BCUT2D eigenvalue weighted by atomic mass is 10.2. The van der Waals surface area contributed by atoms with Gasteiger partial charge in [-0.2, -0.15) is 0 Å². The normalized spacial score (nSPS) is 11.2. The number of benzene rings is 1. The summed E-state index contributed by atoms with van der Waals surface area (Å²) in [6, 6.07) is 8.41. The Morgan fingerprint density at radius 3 is 2.74 bits per heavy atom. The predicted molar refractivity (Wildman–Crippen MR) is 79.5 cm³/mol. The Balaban J connectivity index is 2.20. The minimum Gasteiger partial charge on any atom is -0.327 e. The molecule has 2 aromatic rings. The Labute approximate surface area is 119 Å². The zero-order valence-electron chi connectivity index (χ0n) is 11.7. The summed E-state index contributed by atoms with van der Waals surface area (Å²) < 4.78 is 2.20. The number of nitrogens with zero attached hydrogens (tertiary/aromatic N) is 2. The van der Waals surface area contributed by atoms with Crippen molar-refractivity contribution in [1.29, 1.82) is 0 Å². The van der Waals surface area contributed by atoms with E-state index in [0.29, 0.717) is 6.04 Å². The summed E-state index contributed by atoms with van der Waals surface area (Å²) in [5.41, 5.74) is 2.31. The van der Waals surface area contributed by atoms with Crippen molar-refractivity contribution in [3.8, 4) is 0 Å². The molecule has 0 amide bonds. The van der Waals surface area contributed by atoms with Crippen LogP contribution in [0.1, 0.15) is 30.9 Å². The first-order chi connectivity index (χ1) is 9.08. The minimum atomic E-state index is 0.462. The van der Waals surface area contributed by atoms with Crippen LogP contribution in [0.2, 0.25) is 5.02 Å². The number of aromatic nitrogens is 2. The van der Waals surface area contributed by atoms with Gasteiger partial charge in [-0.3, -0.25) is 0 Å². The van der Waals surface area contributed by atoms with Gasteiger partial charge in [0.2, 0.25) is 0 Å². The zero-order valence-corrected chi connectivity index (χ0v) is 12.4. The number of halogens is 1. The third-order valence-corrected chi connectivity index (χ3v) is 3.48. The van der Waals surface area contributed by atoms with Crippen LogP contribution in [0.25, 0.3) is 0 Å². The molecule has 1 aromatic carbocycles. The third-order valence-electron chi connectivity index (χ3n) is 3.12. The van der Waals surface area contributed by atoms with Crippen LogP contribution < -0.4 is 5.32 Å². The molecule has 0 aliphatic carbocycles. The van der Waals surface area contributed by atoms with Crippen LogP contribution in [0.4, 0.5) is 0 Å². The highest BCUT2D eigenvalue weighted by Crippen LogP contribution is 2.18. The molecule has 0 aliphatic rings. The van der Waals surface area contributed by atoms with Gasteiger partial charge in [-0.1, -0.05) is 43.6 Å². The molecule has 0 radical (unpaired) electrons. The van der Waals surface area contributed by atoms with Crippen molar-refractivity contribution in [1.82, 2.24) is 14.9 Å². The standard InChI is InChI=1S/C15H20ClN3/c1-11(2)17-8-14-9-18-12(3)19(14)10-13-6-4-5-7-15(13)16/h4-7,9,11,17H,8,10H2,1-3H3. The predicted octanol–water partition coefficient (Wildman–Crippen LogP) is 3.39. The smallest absolute Gasteiger partial charge is 0.106 e. The maximum atomic E-state index is 6.22. The molecule has 0 spiro atoms. The van der Waals surface area contributed by atoms with Crippen LogP contribution in [-0.4, -0.2) is 15.6 Å². The lowest BCUT2D eigenvalue weighted by Gasteiger charge is -2.13. The Morgan fingerprint density at radius 1 is 1.32 bits per heavy atom. The van der Waals surface area contributed by atoms with E-state index < -0.39 is 0 Å². The largest absolute Gasteiger partial charge is 0.327 e. The van der Waals surface area contributed by atoms with Gasteiger partial charge in [0.1, 0.15) is 5.82 Å². The first-order valence-corrected chi connectivity index (χ1v) is 6.93. The van der Waals surface area contributed by atoms with Crippen molar-refractivity contribution < 1.29 is 0 Å². The van der Waals surface area contributed by atoms with Crippen molar-refractivity contribution in [2.45, 2.75) is 39.9 Å². The van der Waals surface area contributed by atoms with Gasteiger partial charge < -0.3 is 9.88 Å². The van der Waals surface area contributed by atoms with E-state index in [4.69, 9.17) is 11.6 Å². The molecule has 3 nitrogen and oxygen atoms in total. The topological polar surface area (TPSA) is 29.9 Å². The number of aryl methyl sites for hydroxylation is 1. The Hall–Kier alpha value is -1.32. The molecule has 19 heavy (non-hydrogen) atoms. The van der Waals surface area contributed by atoms with Gasteiger partial charge in [0.15, 0.2) is 0 Å². The van der Waals surface area contributed by atoms with E-state index in [0.717, 1.165) is 29.5 Å². The number of hydrogen-bond donors (Lipinski definition) is 1. The van der Waals surface area contributed by atoms with Crippen molar-refractivity contribution in [3.63, 3.8) is 0 Å². The van der Waals surface area contributed by atoms with Crippen LogP contribution in [-0.2, 0) is 13.1 Å². The van der Waals surface area contributed by atoms with Crippen molar-refractivity contribution in [3.05, 3.63) is 52.6 Å². The third kappa shape index (κ3) is 3.58. The summed E-state index contributed by atoms with van der Waals surface area (Å²) in [4.78, 5) is 4.40. The van der Waals surface area contributed by atoms with Crippen LogP contribution in [0, 0.1) is 6.92 Å². The quantitative estimate of drug-likeness (QED) is 0.908. The molecule has 102 valence electrons. The minimum absolute atomic E-state index is 0.462. The summed E-state index contributed by atoms with van der Waals surface area (Å²) in [5.74, 6) is 1.01. The second kappa shape index (κ2) is 6.22. The van der Waals surface area contributed by atoms with Gasteiger partial charge in [-0.05, 0) is 18.6 Å². The summed E-state index contributed by atoms with van der Waals surface area (Å²) in [7, 11) is 0. The Bertz CT molecular complexity index is 546.